The molecule has 1 atom stereocenters. The van der Waals surface area contributed by atoms with Crippen LogP contribution in [0.3, 0.4) is 0 Å². The summed E-state index contributed by atoms with van der Waals surface area (Å²) in [6, 6.07) is 4.36. The minimum absolute atomic E-state index is 0.102. The van der Waals surface area contributed by atoms with Gasteiger partial charge in [-0.05, 0) is 44.0 Å². The summed E-state index contributed by atoms with van der Waals surface area (Å²) < 4.78 is 12.8. The van der Waals surface area contributed by atoms with Crippen LogP contribution in [0.4, 0.5) is 10.2 Å². The Labute approximate surface area is 99.6 Å². The Balaban J connectivity index is 1.76. The van der Waals surface area contributed by atoms with Gasteiger partial charge in [-0.1, -0.05) is 6.07 Å². The first-order valence-corrected chi connectivity index (χ1v) is 5.87. The minimum atomic E-state index is -0.581. The van der Waals surface area contributed by atoms with E-state index < -0.39 is 5.95 Å². The number of pyridine rings is 1. The summed E-state index contributed by atoms with van der Waals surface area (Å²) in [6.07, 6.45) is 2.46. The molecule has 0 spiro atoms. The first-order chi connectivity index (χ1) is 8.24. The van der Waals surface area contributed by atoms with Crippen LogP contribution >= 0.6 is 0 Å². The van der Waals surface area contributed by atoms with Gasteiger partial charge in [-0.25, -0.2) is 4.98 Å². The van der Waals surface area contributed by atoms with Crippen molar-refractivity contribution in [3.8, 4) is 0 Å². The molecule has 1 aliphatic rings. The standard InChI is InChI=1S/C12H16FN3O/c13-10-2-1-3-11(15-10)16-12(17)5-4-9-6-7-14-8-9/h1-3,9,14H,4-8H2,(H,15,16,17). The predicted octanol–water partition coefficient (Wildman–Crippen LogP) is 1.55. The van der Waals surface area contributed by atoms with Gasteiger partial charge >= 0.3 is 0 Å². The van der Waals surface area contributed by atoms with E-state index in [1.54, 1.807) is 6.07 Å². The van der Waals surface area contributed by atoms with Crippen molar-refractivity contribution < 1.29 is 9.18 Å². The number of nitrogens with zero attached hydrogens (tertiary/aromatic N) is 1. The van der Waals surface area contributed by atoms with Crippen LogP contribution in [0.2, 0.25) is 0 Å². The Hall–Kier alpha value is -1.49. The molecule has 5 heteroatoms. The van der Waals surface area contributed by atoms with Gasteiger partial charge in [0.2, 0.25) is 11.9 Å². The molecule has 1 unspecified atom stereocenters. The maximum absolute atomic E-state index is 12.8. The zero-order valence-electron chi connectivity index (χ0n) is 9.58. The van der Waals surface area contributed by atoms with Gasteiger partial charge in [0.15, 0.2) is 0 Å². The van der Waals surface area contributed by atoms with Crippen LogP contribution in [-0.4, -0.2) is 24.0 Å². The number of hydrogen-bond acceptors (Lipinski definition) is 3. The Bertz CT molecular complexity index is 391. The summed E-state index contributed by atoms with van der Waals surface area (Å²) in [5.41, 5.74) is 0. The lowest BCUT2D eigenvalue weighted by molar-refractivity contribution is -0.116. The van der Waals surface area contributed by atoms with E-state index in [0.717, 1.165) is 25.9 Å². The Morgan fingerprint density at radius 1 is 1.59 bits per heavy atom. The Morgan fingerprint density at radius 3 is 3.18 bits per heavy atom. The molecular formula is C12H16FN3O. The van der Waals surface area contributed by atoms with Crippen LogP contribution in [0.25, 0.3) is 0 Å². The normalized spacial score (nSPS) is 19.2. The van der Waals surface area contributed by atoms with Gasteiger partial charge in [-0.3, -0.25) is 4.79 Å². The zero-order valence-corrected chi connectivity index (χ0v) is 9.58. The van der Waals surface area contributed by atoms with Crippen molar-refractivity contribution in [1.29, 1.82) is 0 Å². The van der Waals surface area contributed by atoms with Gasteiger partial charge in [-0.15, -0.1) is 0 Å². The quantitative estimate of drug-likeness (QED) is 0.781. The van der Waals surface area contributed by atoms with E-state index in [-0.39, 0.29) is 11.7 Å². The van der Waals surface area contributed by atoms with E-state index >= 15 is 0 Å². The van der Waals surface area contributed by atoms with Crippen molar-refractivity contribution in [2.75, 3.05) is 18.4 Å². The molecule has 1 aromatic heterocycles. The molecule has 1 aliphatic heterocycles. The highest BCUT2D eigenvalue weighted by molar-refractivity contribution is 5.89. The molecule has 1 aromatic rings. The van der Waals surface area contributed by atoms with E-state index in [0.29, 0.717) is 12.3 Å². The average Bonchev–Trinajstić information content (AvgIpc) is 2.79. The molecular weight excluding hydrogens is 221 g/mol. The summed E-state index contributed by atoms with van der Waals surface area (Å²) in [5.74, 6) is 0.179. The first kappa shape index (κ1) is 12.0. The van der Waals surface area contributed by atoms with Crippen molar-refractivity contribution >= 4 is 11.7 Å². The lowest BCUT2D eigenvalue weighted by Gasteiger charge is -2.08. The number of aromatic nitrogens is 1. The Morgan fingerprint density at radius 2 is 2.47 bits per heavy atom. The smallest absolute Gasteiger partial charge is 0.225 e. The van der Waals surface area contributed by atoms with Crippen LogP contribution in [0, 0.1) is 11.9 Å². The van der Waals surface area contributed by atoms with Gasteiger partial charge in [0.1, 0.15) is 5.82 Å². The molecule has 4 nitrogen and oxygen atoms in total. The third-order valence-electron chi connectivity index (χ3n) is 2.92. The van der Waals surface area contributed by atoms with Gasteiger partial charge < -0.3 is 10.6 Å². The van der Waals surface area contributed by atoms with Gasteiger partial charge in [0.05, 0.1) is 0 Å². The molecule has 0 aromatic carbocycles. The van der Waals surface area contributed by atoms with E-state index in [9.17, 15) is 9.18 Å². The fraction of sp³-hybridized carbons (Fsp3) is 0.500. The monoisotopic (exact) mass is 237 g/mol. The average molecular weight is 237 g/mol. The highest BCUT2D eigenvalue weighted by atomic mass is 19.1. The molecule has 0 bridgehead atoms. The fourth-order valence-electron chi connectivity index (χ4n) is 1.98. The van der Waals surface area contributed by atoms with E-state index in [2.05, 4.69) is 15.6 Å². The third-order valence-corrected chi connectivity index (χ3v) is 2.92. The van der Waals surface area contributed by atoms with Crippen LogP contribution in [-0.2, 0) is 4.79 Å². The number of anilines is 1. The number of halogens is 1. The Kier molecular flexibility index (Phi) is 4.03. The number of nitrogens with one attached hydrogen (secondary N) is 2. The topological polar surface area (TPSA) is 54.0 Å². The SMILES string of the molecule is O=C(CCC1CCNC1)Nc1cccc(F)n1. The number of hydrogen-bond donors (Lipinski definition) is 2. The molecule has 17 heavy (non-hydrogen) atoms. The summed E-state index contributed by atoms with van der Waals surface area (Å²) in [4.78, 5) is 15.2. The summed E-state index contributed by atoms with van der Waals surface area (Å²) in [5, 5.41) is 5.86. The number of carbonyl (C=O) groups is 1. The highest BCUT2D eigenvalue weighted by Crippen LogP contribution is 2.14. The van der Waals surface area contributed by atoms with Crippen LogP contribution < -0.4 is 10.6 Å². The van der Waals surface area contributed by atoms with Crippen molar-refractivity contribution in [2.45, 2.75) is 19.3 Å². The van der Waals surface area contributed by atoms with Crippen molar-refractivity contribution in [2.24, 2.45) is 5.92 Å². The molecule has 0 saturated carbocycles. The van der Waals surface area contributed by atoms with Crippen molar-refractivity contribution in [3.63, 3.8) is 0 Å². The molecule has 0 radical (unpaired) electrons. The summed E-state index contributed by atoms with van der Waals surface area (Å²) in [6.45, 7) is 2.03. The van der Waals surface area contributed by atoms with E-state index in [1.165, 1.54) is 12.1 Å². The van der Waals surface area contributed by atoms with Crippen molar-refractivity contribution in [1.82, 2.24) is 10.3 Å². The van der Waals surface area contributed by atoms with Gasteiger partial charge in [-0.2, -0.15) is 4.39 Å². The second-order valence-corrected chi connectivity index (χ2v) is 4.29. The molecule has 2 heterocycles. The minimum Gasteiger partial charge on any atom is -0.316 e. The second kappa shape index (κ2) is 5.72. The molecule has 1 amide bonds. The first-order valence-electron chi connectivity index (χ1n) is 5.87. The fourth-order valence-corrected chi connectivity index (χ4v) is 1.98. The lowest BCUT2D eigenvalue weighted by Crippen LogP contribution is -2.15. The molecule has 1 saturated heterocycles. The molecule has 0 aliphatic carbocycles. The third kappa shape index (κ3) is 3.78. The maximum atomic E-state index is 12.8. The highest BCUT2D eigenvalue weighted by Gasteiger charge is 2.15. The van der Waals surface area contributed by atoms with Crippen LogP contribution in [0.15, 0.2) is 18.2 Å². The van der Waals surface area contributed by atoms with Crippen molar-refractivity contribution in [3.05, 3.63) is 24.1 Å². The molecule has 1 fully saturated rings. The van der Waals surface area contributed by atoms with Gasteiger partial charge in [0, 0.05) is 6.42 Å². The number of amides is 1. The largest absolute Gasteiger partial charge is 0.316 e. The predicted molar refractivity (Wildman–Crippen MR) is 63.0 cm³/mol. The summed E-state index contributed by atoms with van der Waals surface area (Å²) >= 11 is 0. The summed E-state index contributed by atoms with van der Waals surface area (Å²) in [7, 11) is 0. The maximum Gasteiger partial charge on any atom is 0.225 e. The van der Waals surface area contributed by atoms with Gasteiger partial charge in [0.25, 0.3) is 0 Å². The lowest BCUT2D eigenvalue weighted by atomic mass is 10.0. The number of rotatable bonds is 4. The molecule has 2 N–H and O–H groups in total. The van der Waals surface area contributed by atoms with Crippen LogP contribution in [0.1, 0.15) is 19.3 Å². The van der Waals surface area contributed by atoms with E-state index in [1.807, 2.05) is 0 Å². The molecule has 92 valence electrons. The zero-order chi connectivity index (χ0) is 12.1. The molecule has 2 rings (SSSR count). The second-order valence-electron chi connectivity index (χ2n) is 4.29. The van der Waals surface area contributed by atoms with Crippen LogP contribution in [0.5, 0.6) is 0 Å². The number of carbonyl (C=O) groups excluding carboxylic acids is 1. The van der Waals surface area contributed by atoms with E-state index in [4.69, 9.17) is 0 Å².